The maximum Gasteiger partial charge on any atom is 0.327 e. The SMILES string of the molecule is NC1(C(=O)N2CSC[C@H]2C(=O)O)CC1. The molecule has 6 heteroatoms. The first-order valence-corrected chi connectivity index (χ1v) is 5.60. The molecule has 0 unspecified atom stereocenters. The molecule has 1 amide bonds. The Morgan fingerprint density at radius 2 is 2.14 bits per heavy atom. The van der Waals surface area contributed by atoms with Crippen LogP contribution in [0.5, 0.6) is 0 Å². The third-order valence-electron chi connectivity index (χ3n) is 2.64. The summed E-state index contributed by atoms with van der Waals surface area (Å²) >= 11 is 1.46. The molecule has 0 aromatic rings. The molecule has 3 N–H and O–H groups in total. The van der Waals surface area contributed by atoms with E-state index in [0.717, 1.165) is 0 Å². The second kappa shape index (κ2) is 3.13. The zero-order chi connectivity index (χ0) is 10.3. The van der Waals surface area contributed by atoms with E-state index in [-0.39, 0.29) is 5.91 Å². The van der Waals surface area contributed by atoms with Gasteiger partial charge in [0.05, 0.1) is 11.4 Å². The molecule has 0 aromatic heterocycles. The number of aliphatic carboxylic acids is 1. The second-order valence-electron chi connectivity index (χ2n) is 3.79. The van der Waals surface area contributed by atoms with E-state index in [2.05, 4.69) is 0 Å². The Kier molecular flexibility index (Phi) is 2.19. The number of amides is 1. The van der Waals surface area contributed by atoms with Gasteiger partial charge in [-0.2, -0.15) is 0 Å². The average molecular weight is 216 g/mol. The van der Waals surface area contributed by atoms with Crippen LogP contribution in [0.4, 0.5) is 0 Å². The van der Waals surface area contributed by atoms with Crippen molar-refractivity contribution in [3.05, 3.63) is 0 Å². The molecule has 1 saturated heterocycles. The van der Waals surface area contributed by atoms with Crippen molar-refractivity contribution in [1.29, 1.82) is 0 Å². The van der Waals surface area contributed by atoms with Gasteiger partial charge in [-0.1, -0.05) is 0 Å². The lowest BCUT2D eigenvalue weighted by Crippen LogP contribution is -2.50. The number of rotatable bonds is 2. The van der Waals surface area contributed by atoms with Gasteiger partial charge in [0, 0.05) is 5.75 Å². The Morgan fingerprint density at radius 1 is 1.50 bits per heavy atom. The molecular weight excluding hydrogens is 204 g/mol. The molecule has 0 bridgehead atoms. The fraction of sp³-hybridized carbons (Fsp3) is 0.750. The van der Waals surface area contributed by atoms with Gasteiger partial charge >= 0.3 is 5.97 Å². The summed E-state index contributed by atoms with van der Waals surface area (Å²) in [6.07, 6.45) is 1.36. The first-order chi connectivity index (χ1) is 6.54. The van der Waals surface area contributed by atoms with Crippen molar-refractivity contribution in [1.82, 2.24) is 4.90 Å². The molecule has 1 atom stereocenters. The highest BCUT2D eigenvalue weighted by Gasteiger charge is 2.51. The number of carboxylic acid groups (broad SMARTS) is 1. The van der Waals surface area contributed by atoms with Crippen LogP contribution in [0.15, 0.2) is 0 Å². The van der Waals surface area contributed by atoms with Gasteiger partial charge in [0.25, 0.3) is 0 Å². The van der Waals surface area contributed by atoms with Crippen molar-refractivity contribution >= 4 is 23.6 Å². The summed E-state index contributed by atoms with van der Waals surface area (Å²) in [6, 6.07) is -0.687. The van der Waals surface area contributed by atoms with E-state index in [0.29, 0.717) is 24.5 Å². The summed E-state index contributed by atoms with van der Waals surface area (Å²) in [4.78, 5) is 24.0. The third-order valence-corrected chi connectivity index (χ3v) is 3.66. The van der Waals surface area contributed by atoms with E-state index < -0.39 is 17.6 Å². The zero-order valence-corrected chi connectivity index (χ0v) is 8.42. The molecular formula is C8H12N2O3S. The van der Waals surface area contributed by atoms with Crippen molar-refractivity contribution in [3.8, 4) is 0 Å². The highest BCUT2D eigenvalue weighted by molar-refractivity contribution is 7.99. The Labute approximate surface area is 85.6 Å². The molecule has 1 aliphatic carbocycles. The first kappa shape index (κ1) is 9.79. The summed E-state index contributed by atoms with van der Waals surface area (Å²) in [5.41, 5.74) is 4.99. The second-order valence-corrected chi connectivity index (χ2v) is 4.78. The van der Waals surface area contributed by atoms with Gasteiger partial charge in [-0.25, -0.2) is 4.79 Å². The molecule has 1 heterocycles. The number of hydrogen-bond acceptors (Lipinski definition) is 4. The van der Waals surface area contributed by atoms with Crippen molar-refractivity contribution in [2.75, 3.05) is 11.6 Å². The van der Waals surface area contributed by atoms with Crippen molar-refractivity contribution in [2.24, 2.45) is 5.73 Å². The topological polar surface area (TPSA) is 83.6 Å². The van der Waals surface area contributed by atoms with Crippen LogP contribution in [0.25, 0.3) is 0 Å². The molecule has 0 spiro atoms. The highest BCUT2D eigenvalue weighted by Crippen LogP contribution is 2.36. The van der Waals surface area contributed by atoms with Gasteiger partial charge in [0.15, 0.2) is 0 Å². The van der Waals surface area contributed by atoms with Crippen molar-refractivity contribution < 1.29 is 14.7 Å². The molecule has 1 saturated carbocycles. The van der Waals surface area contributed by atoms with Gasteiger partial charge in [-0.3, -0.25) is 4.79 Å². The first-order valence-electron chi connectivity index (χ1n) is 4.45. The van der Waals surface area contributed by atoms with Gasteiger partial charge in [0.2, 0.25) is 5.91 Å². The number of carboxylic acids is 1. The summed E-state index contributed by atoms with van der Waals surface area (Å²) in [7, 11) is 0. The summed E-state index contributed by atoms with van der Waals surface area (Å²) in [5.74, 6) is -0.214. The largest absolute Gasteiger partial charge is 0.480 e. The molecule has 2 rings (SSSR count). The van der Waals surface area contributed by atoms with Gasteiger partial charge < -0.3 is 15.7 Å². The molecule has 14 heavy (non-hydrogen) atoms. The lowest BCUT2D eigenvalue weighted by atomic mass is 10.2. The summed E-state index contributed by atoms with van der Waals surface area (Å²) in [5, 5.41) is 8.87. The molecule has 2 fully saturated rings. The Bertz CT molecular complexity index is 290. The van der Waals surface area contributed by atoms with Crippen LogP contribution < -0.4 is 5.73 Å². The van der Waals surface area contributed by atoms with Gasteiger partial charge in [-0.15, -0.1) is 11.8 Å². The number of carbonyl (C=O) groups is 2. The predicted octanol–water partition coefficient (Wildman–Crippen LogP) is -0.536. The van der Waals surface area contributed by atoms with Crippen LogP contribution in [-0.2, 0) is 9.59 Å². The molecule has 78 valence electrons. The quantitative estimate of drug-likeness (QED) is 0.648. The Hall–Kier alpha value is -0.750. The minimum absolute atomic E-state index is 0.199. The fourth-order valence-electron chi connectivity index (χ4n) is 1.48. The lowest BCUT2D eigenvalue weighted by molar-refractivity contribution is -0.148. The number of nitrogens with zero attached hydrogens (tertiary/aromatic N) is 1. The van der Waals surface area contributed by atoms with E-state index in [1.54, 1.807) is 0 Å². The Morgan fingerprint density at radius 3 is 2.64 bits per heavy atom. The molecule has 5 nitrogen and oxygen atoms in total. The number of nitrogens with two attached hydrogens (primary N) is 1. The maximum atomic E-state index is 11.8. The van der Waals surface area contributed by atoms with Gasteiger partial charge in [-0.05, 0) is 12.8 Å². The van der Waals surface area contributed by atoms with Crippen LogP contribution in [0.1, 0.15) is 12.8 Å². The lowest BCUT2D eigenvalue weighted by Gasteiger charge is -2.23. The Balaban J connectivity index is 2.09. The van der Waals surface area contributed by atoms with Gasteiger partial charge in [0.1, 0.15) is 6.04 Å². The summed E-state index contributed by atoms with van der Waals surface area (Å²) in [6.45, 7) is 0. The van der Waals surface area contributed by atoms with E-state index in [1.807, 2.05) is 0 Å². The molecule has 0 aromatic carbocycles. The average Bonchev–Trinajstić information content (AvgIpc) is 2.69. The van der Waals surface area contributed by atoms with Crippen LogP contribution in [0.3, 0.4) is 0 Å². The van der Waals surface area contributed by atoms with E-state index in [9.17, 15) is 9.59 Å². The minimum Gasteiger partial charge on any atom is -0.480 e. The predicted molar refractivity (Wildman–Crippen MR) is 51.7 cm³/mol. The number of hydrogen-bond donors (Lipinski definition) is 2. The monoisotopic (exact) mass is 216 g/mol. The van der Waals surface area contributed by atoms with Crippen LogP contribution >= 0.6 is 11.8 Å². The summed E-state index contributed by atoms with van der Waals surface area (Å²) < 4.78 is 0. The molecule has 2 aliphatic rings. The highest BCUT2D eigenvalue weighted by atomic mass is 32.2. The molecule has 0 radical (unpaired) electrons. The van der Waals surface area contributed by atoms with Crippen LogP contribution in [0.2, 0.25) is 0 Å². The molecule has 1 aliphatic heterocycles. The number of carbonyl (C=O) groups excluding carboxylic acids is 1. The third kappa shape index (κ3) is 1.48. The fourth-order valence-corrected chi connectivity index (χ4v) is 2.63. The van der Waals surface area contributed by atoms with E-state index in [1.165, 1.54) is 16.7 Å². The van der Waals surface area contributed by atoms with Crippen LogP contribution in [-0.4, -0.2) is 45.1 Å². The van der Waals surface area contributed by atoms with Crippen molar-refractivity contribution in [3.63, 3.8) is 0 Å². The minimum atomic E-state index is -0.937. The number of thioether (sulfide) groups is 1. The standard InChI is InChI=1S/C8H12N2O3S/c9-8(1-2-8)7(13)10-4-14-3-5(10)6(11)12/h5H,1-4,9H2,(H,11,12)/t5-/m0/s1. The van der Waals surface area contributed by atoms with E-state index >= 15 is 0 Å². The van der Waals surface area contributed by atoms with E-state index in [4.69, 9.17) is 10.8 Å². The smallest absolute Gasteiger partial charge is 0.327 e. The zero-order valence-electron chi connectivity index (χ0n) is 7.60. The maximum absolute atomic E-state index is 11.8. The van der Waals surface area contributed by atoms with Crippen molar-refractivity contribution in [2.45, 2.75) is 24.4 Å². The van der Waals surface area contributed by atoms with Crippen LogP contribution in [0, 0.1) is 0 Å². The normalized spacial score (nSPS) is 28.9.